The van der Waals surface area contributed by atoms with E-state index in [1.807, 2.05) is 0 Å². The highest BCUT2D eigenvalue weighted by molar-refractivity contribution is 5.89. The molecule has 2 aromatic rings. The zero-order valence-corrected chi connectivity index (χ0v) is 11.3. The molecule has 0 saturated carbocycles. The van der Waals surface area contributed by atoms with Gasteiger partial charge in [-0.1, -0.05) is 24.3 Å². The van der Waals surface area contributed by atoms with Crippen molar-refractivity contribution in [1.29, 1.82) is 0 Å². The van der Waals surface area contributed by atoms with Crippen LogP contribution in [0.4, 0.5) is 4.39 Å². The van der Waals surface area contributed by atoms with E-state index < -0.39 is 5.97 Å². The molecule has 4 heteroatoms. The van der Waals surface area contributed by atoms with E-state index in [0.29, 0.717) is 22.4 Å². The second-order valence-electron chi connectivity index (χ2n) is 4.57. The minimum Gasteiger partial charge on any atom is -0.488 e. The van der Waals surface area contributed by atoms with Gasteiger partial charge in [0.05, 0.1) is 5.56 Å². The minimum absolute atomic E-state index is 0.0891. The maximum Gasteiger partial charge on any atom is 0.336 e. The van der Waals surface area contributed by atoms with Crippen LogP contribution in [0.3, 0.4) is 0 Å². The van der Waals surface area contributed by atoms with Crippen molar-refractivity contribution in [2.75, 3.05) is 0 Å². The van der Waals surface area contributed by atoms with Gasteiger partial charge in [-0.25, -0.2) is 9.18 Å². The molecule has 0 aliphatic rings. The average molecular weight is 274 g/mol. The number of carbonyl (C=O) groups is 1. The van der Waals surface area contributed by atoms with Crippen molar-refractivity contribution < 1.29 is 19.0 Å². The smallest absolute Gasteiger partial charge is 0.336 e. The number of ether oxygens (including phenoxy) is 1. The molecule has 0 fully saturated rings. The molecule has 0 radical (unpaired) electrons. The van der Waals surface area contributed by atoms with Crippen LogP contribution in [0.25, 0.3) is 0 Å². The van der Waals surface area contributed by atoms with Crippen LogP contribution in [0.15, 0.2) is 36.4 Å². The molecule has 0 aromatic heterocycles. The first-order valence-corrected chi connectivity index (χ1v) is 6.20. The van der Waals surface area contributed by atoms with E-state index in [2.05, 4.69) is 0 Å². The second-order valence-corrected chi connectivity index (χ2v) is 4.57. The number of carboxylic acid groups (broad SMARTS) is 1. The molecule has 20 heavy (non-hydrogen) atoms. The van der Waals surface area contributed by atoms with E-state index >= 15 is 0 Å². The predicted octanol–water partition coefficient (Wildman–Crippen LogP) is 3.72. The Balaban J connectivity index is 2.22. The van der Waals surface area contributed by atoms with Crippen molar-refractivity contribution in [2.45, 2.75) is 20.5 Å². The second kappa shape index (κ2) is 5.74. The summed E-state index contributed by atoms with van der Waals surface area (Å²) in [6.07, 6.45) is 0. The summed E-state index contributed by atoms with van der Waals surface area (Å²) in [6, 6.07) is 9.93. The van der Waals surface area contributed by atoms with Crippen molar-refractivity contribution in [3.05, 3.63) is 64.5 Å². The van der Waals surface area contributed by atoms with Gasteiger partial charge in [0.1, 0.15) is 18.2 Å². The van der Waals surface area contributed by atoms with Crippen LogP contribution in [0.2, 0.25) is 0 Å². The number of aryl methyl sites for hydroxylation is 1. The van der Waals surface area contributed by atoms with Crippen molar-refractivity contribution >= 4 is 5.97 Å². The summed E-state index contributed by atoms with van der Waals surface area (Å²) in [5, 5.41) is 9.08. The highest BCUT2D eigenvalue weighted by Crippen LogP contribution is 2.24. The first-order chi connectivity index (χ1) is 9.50. The monoisotopic (exact) mass is 274 g/mol. The van der Waals surface area contributed by atoms with Gasteiger partial charge in [0, 0.05) is 11.1 Å². The van der Waals surface area contributed by atoms with Gasteiger partial charge in [0.25, 0.3) is 0 Å². The number of halogens is 1. The van der Waals surface area contributed by atoms with E-state index in [1.165, 1.54) is 6.07 Å². The highest BCUT2D eigenvalue weighted by Gasteiger charge is 2.11. The number of rotatable bonds is 4. The molecule has 3 nitrogen and oxygen atoms in total. The third-order valence-electron chi connectivity index (χ3n) is 3.16. The van der Waals surface area contributed by atoms with Gasteiger partial charge in [0.15, 0.2) is 0 Å². The summed E-state index contributed by atoms with van der Waals surface area (Å²) in [4.78, 5) is 11.1. The Morgan fingerprint density at radius 3 is 2.60 bits per heavy atom. The molecule has 0 bridgehead atoms. The molecule has 2 aromatic carbocycles. The first-order valence-electron chi connectivity index (χ1n) is 6.20. The Morgan fingerprint density at radius 1 is 1.20 bits per heavy atom. The normalized spacial score (nSPS) is 10.3. The third kappa shape index (κ3) is 2.79. The lowest BCUT2D eigenvalue weighted by Gasteiger charge is -2.12. The molecule has 0 saturated heterocycles. The zero-order valence-electron chi connectivity index (χ0n) is 11.3. The van der Waals surface area contributed by atoms with Crippen LogP contribution in [0.1, 0.15) is 27.0 Å². The summed E-state index contributed by atoms with van der Waals surface area (Å²) in [7, 11) is 0. The number of benzene rings is 2. The zero-order chi connectivity index (χ0) is 14.7. The Hall–Kier alpha value is -2.36. The topological polar surface area (TPSA) is 46.5 Å². The van der Waals surface area contributed by atoms with Gasteiger partial charge in [-0.15, -0.1) is 0 Å². The third-order valence-corrected chi connectivity index (χ3v) is 3.16. The van der Waals surface area contributed by atoms with Gasteiger partial charge in [-0.05, 0) is 31.5 Å². The SMILES string of the molecule is Cc1ccc(OCc2ccccc2C(=O)O)c(C)c1F. The quantitative estimate of drug-likeness (QED) is 0.924. The highest BCUT2D eigenvalue weighted by atomic mass is 19.1. The minimum atomic E-state index is -1.00. The molecular formula is C16H15FO3. The fraction of sp³-hybridized carbons (Fsp3) is 0.188. The summed E-state index contributed by atoms with van der Waals surface area (Å²) < 4.78 is 19.3. The van der Waals surface area contributed by atoms with E-state index in [0.717, 1.165) is 0 Å². The predicted molar refractivity (Wildman–Crippen MR) is 73.6 cm³/mol. The molecule has 0 aliphatic heterocycles. The van der Waals surface area contributed by atoms with Crippen molar-refractivity contribution in [3.8, 4) is 5.75 Å². The van der Waals surface area contributed by atoms with Crippen molar-refractivity contribution in [3.63, 3.8) is 0 Å². The first kappa shape index (κ1) is 14.1. The van der Waals surface area contributed by atoms with Crippen LogP contribution < -0.4 is 4.74 Å². The van der Waals surface area contributed by atoms with Gasteiger partial charge in [-0.3, -0.25) is 0 Å². The fourth-order valence-corrected chi connectivity index (χ4v) is 1.97. The molecule has 0 heterocycles. The number of hydrogen-bond acceptors (Lipinski definition) is 2. The summed E-state index contributed by atoms with van der Waals surface area (Å²) in [5.74, 6) is -0.877. The molecule has 104 valence electrons. The van der Waals surface area contributed by atoms with Crippen LogP contribution in [0.5, 0.6) is 5.75 Å². The van der Waals surface area contributed by atoms with Crippen molar-refractivity contribution in [2.24, 2.45) is 0 Å². The molecular weight excluding hydrogens is 259 g/mol. The maximum absolute atomic E-state index is 13.8. The Bertz CT molecular complexity index is 650. The van der Waals surface area contributed by atoms with E-state index in [-0.39, 0.29) is 18.0 Å². The molecule has 0 aliphatic carbocycles. The van der Waals surface area contributed by atoms with Gasteiger partial charge in [-0.2, -0.15) is 0 Å². The van der Waals surface area contributed by atoms with Crippen LogP contribution in [-0.2, 0) is 6.61 Å². The number of hydrogen-bond donors (Lipinski definition) is 1. The molecule has 0 unspecified atom stereocenters. The van der Waals surface area contributed by atoms with Crippen molar-refractivity contribution in [1.82, 2.24) is 0 Å². The molecule has 1 N–H and O–H groups in total. The lowest BCUT2D eigenvalue weighted by molar-refractivity contribution is 0.0694. The molecule has 0 atom stereocenters. The van der Waals surface area contributed by atoms with Crippen LogP contribution in [-0.4, -0.2) is 11.1 Å². The van der Waals surface area contributed by atoms with Gasteiger partial charge < -0.3 is 9.84 Å². The average Bonchev–Trinajstić information content (AvgIpc) is 2.44. The van der Waals surface area contributed by atoms with Gasteiger partial charge >= 0.3 is 5.97 Å². The molecule has 0 amide bonds. The summed E-state index contributed by atoms with van der Waals surface area (Å²) >= 11 is 0. The number of carboxylic acids is 1. The fourth-order valence-electron chi connectivity index (χ4n) is 1.97. The number of aromatic carboxylic acids is 1. The Morgan fingerprint density at radius 2 is 1.90 bits per heavy atom. The molecule has 2 rings (SSSR count). The van der Waals surface area contributed by atoms with E-state index in [9.17, 15) is 9.18 Å². The van der Waals surface area contributed by atoms with E-state index in [4.69, 9.17) is 9.84 Å². The van der Waals surface area contributed by atoms with Crippen LogP contribution in [0, 0.1) is 19.7 Å². The summed E-state index contributed by atoms with van der Waals surface area (Å²) in [6.45, 7) is 3.42. The lowest BCUT2D eigenvalue weighted by atomic mass is 10.1. The summed E-state index contributed by atoms with van der Waals surface area (Å²) in [5.41, 5.74) is 1.73. The van der Waals surface area contributed by atoms with Crippen LogP contribution >= 0.6 is 0 Å². The van der Waals surface area contributed by atoms with E-state index in [1.54, 1.807) is 44.2 Å². The Kier molecular flexibility index (Phi) is 4.03. The van der Waals surface area contributed by atoms with Gasteiger partial charge in [0.2, 0.25) is 0 Å². The Labute approximate surface area is 116 Å². The maximum atomic E-state index is 13.8. The lowest BCUT2D eigenvalue weighted by Crippen LogP contribution is -2.06. The molecule has 0 spiro atoms. The standard InChI is InChI=1S/C16H15FO3/c1-10-7-8-14(11(2)15(10)17)20-9-12-5-3-4-6-13(12)16(18)19/h3-8H,9H2,1-2H3,(H,18,19). The largest absolute Gasteiger partial charge is 0.488 e.